The van der Waals surface area contributed by atoms with Crippen LogP contribution < -0.4 is 5.32 Å². The van der Waals surface area contributed by atoms with Gasteiger partial charge in [0, 0.05) is 7.05 Å². The quantitative estimate of drug-likeness (QED) is 0.603. The van der Waals surface area contributed by atoms with E-state index in [1.54, 1.807) is 7.05 Å². The van der Waals surface area contributed by atoms with E-state index in [9.17, 15) is 4.79 Å². The molecule has 0 bridgehead atoms. The van der Waals surface area contributed by atoms with Gasteiger partial charge in [0.2, 0.25) is 0 Å². The van der Waals surface area contributed by atoms with Gasteiger partial charge in [0.1, 0.15) is 5.82 Å². The Morgan fingerprint density at radius 1 is 1.64 bits per heavy atom. The Morgan fingerprint density at radius 2 is 2.43 bits per heavy atom. The molecule has 1 heterocycles. The number of rotatable bonds is 4. The van der Waals surface area contributed by atoms with Gasteiger partial charge in [-0.2, -0.15) is 0 Å². The molecule has 0 aliphatic rings. The van der Waals surface area contributed by atoms with Crippen molar-refractivity contribution < 1.29 is 9.53 Å². The SMILES string of the molecule is CNc1cccc(SCC(=O)OC)n1. The van der Waals surface area contributed by atoms with E-state index in [1.165, 1.54) is 18.9 Å². The molecule has 1 N–H and O–H groups in total. The zero-order valence-corrected chi connectivity index (χ0v) is 8.93. The van der Waals surface area contributed by atoms with Gasteiger partial charge in [-0.3, -0.25) is 4.79 Å². The van der Waals surface area contributed by atoms with Crippen LogP contribution in [-0.2, 0) is 9.53 Å². The number of hydrogen-bond acceptors (Lipinski definition) is 5. The number of nitrogens with one attached hydrogen (secondary N) is 1. The van der Waals surface area contributed by atoms with E-state index in [0.717, 1.165) is 10.8 Å². The Kier molecular flexibility index (Phi) is 4.25. The highest BCUT2D eigenvalue weighted by atomic mass is 32.2. The number of anilines is 1. The standard InChI is InChI=1S/C9H12N2O2S/c1-10-7-4-3-5-8(11-7)14-6-9(12)13-2/h3-5H,6H2,1-2H3,(H,10,11). The van der Waals surface area contributed by atoms with Crippen molar-refractivity contribution in [3.63, 3.8) is 0 Å². The molecule has 0 aromatic carbocycles. The average Bonchev–Trinajstić information content (AvgIpc) is 2.26. The fourth-order valence-corrected chi connectivity index (χ4v) is 1.55. The zero-order valence-electron chi connectivity index (χ0n) is 8.11. The molecule has 0 aliphatic heterocycles. The number of thioether (sulfide) groups is 1. The minimum atomic E-state index is -0.244. The first kappa shape index (κ1) is 10.8. The Hall–Kier alpha value is -1.23. The fraction of sp³-hybridized carbons (Fsp3) is 0.333. The fourth-order valence-electron chi connectivity index (χ4n) is 0.826. The summed E-state index contributed by atoms with van der Waals surface area (Å²) in [4.78, 5) is 15.1. The molecule has 1 rings (SSSR count). The summed E-state index contributed by atoms with van der Waals surface area (Å²) < 4.78 is 4.53. The summed E-state index contributed by atoms with van der Waals surface area (Å²) in [5, 5.41) is 3.74. The first-order valence-corrected chi connectivity index (χ1v) is 5.09. The molecule has 14 heavy (non-hydrogen) atoms. The molecule has 1 aromatic heterocycles. The van der Waals surface area contributed by atoms with Gasteiger partial charge in [0.05, 0.1) is 17.9 Å². The number of nitrogens with zero attached hydrogens (tertiary/aromatic N) is 1. The van der Waals surface area contributed by atoms with Gasteiger partial charge in [-0.1, -0.05) is 17.8 Å². The van der Waals surface area contributed by atoms with Crippen LogP contribution in [-0.4, -0.2) is 30.9 Å². The second-order valence-electron chi connectivity index (χ2n) is 2.48. The first-order chi connectivity index (χ1) is 6.76. The normalized spacial score (nSPS) is 9.57. The highest BCUT2D eigenvalue weighted by Crippen LogP contribution is 2.16. The summed E-state index contributed by atoms with van der Waals surface area (Å²) >= 11 is 1.36. The third kappa shape index (κ3) is 3.26. The van der Waals surface area contributed by atoms with E-state index in [1.807, 2.05) is 18.2 Å². The highest BCUT2D eigenvalue weighted by molar-refractivity contribution is 7.99. The van der Waals surface area contributed by atoms with Crippen LogP contribution in [0.25, 0.3) is 0 Å². The molecule has 5 heteroatoms. The summed E-state index contributed by atoms with van der Waals surface area (Å²) in [6.45, 7) is 0. The Labute approximate surface area is 87.1 Å². The van der Waals surface area contributed by atoms with Crippen molar-refractivity contribution in [1.29, 1.82) is 0 Å². The minimum absolute atomic E-state index is 0.244. The van der Waals surface area contributed by atoms with Crippen molar-refractivity contribution in [3.05, 3.63) is 18.2 Å². The van der Waals surface area contributed by atoms with E-state index in [0.29, 0.717) is 0 Å². The molecule has 0 aliphatic carbocycles. The molecule has 0 amide bonds. The van der Waals surface area contributed by atoms with Crippen LogP contribution in [0.3, 0.4) is 0 Å². The van der Waals surface area contributed by atoms with Gasteiger partial charge in [0.15, 0.2) is 0 Å². The number of ether oxygens (including phenoxy) is 1. The molecule has 0 atom stereocenters. The Morgan fingerprint density at radius 3 is 3.07 bits per heavy atom. The van der Waals surface area contributed by atoms with Gasteiger partial charge < -0.3 is 10.1 Å². The van der Waals surface area contributed by atoms with E-state index >= 15 is 0 Å². The van der Waals surface area contributed by atoms with Crippen LogP contribution in [0.4, 0.5) is 5.82 Å². The van der Waals surface area contributed by atoms with Gasteiger partial charge in [-0.15, -0.1) is 0 Å². The summed E-state index contributed by atoms with van der Waals surface area (Å²) in [6, 6.07) is 5.61. The number of esters is 1. The molecule has 0 saturated heterocycles. The van der Waals surface area contributed by atoms with Crippen LogP contribution in [0.1, 0.15) is 0 Å². The maximum absolute atomic E-state index is 10.9. The van der Waals surface area contributed by atoms with E-state index in [-0.39, 0.29) is 11.7 Å². The lowest BCUT2D eigenvalue weighted by Gasteiger charge is -2.02. The van der Waals surface area contributed by atoms with Gasteiger partial charge in [-0.25, -0.2) is 4.98 Å². The lowest BCUT2D eigenvalue weighted by molar-refractivity contribution is -0.137. The molecular formula is C9H12N2O2S. The molecule has 0 saturated carbocycles. The van der Waals surface area contributed by atoms with Crippen molar-refractivity contribution in [3.8, 4) is 0 Å². The largest absolute Gasteiger partial charge is 0.468 e. The third-order valence-corrected chi connectivity index (χ3v) is 2.45. The molecule has 76 valence electrons. The summed E-state index contributed by atoms with van der Waals surface area (Å²) in [5.74, 6) is 0.836. The van der Waals surface area contributed by atoms with Crippen LogP contribution in [0.5, 0.6) is 0 Å². The lowest BCUT2D eigenvalue weighted by Crippen LogP contribution is -2.03. The highest BCUT2D eigenvalue weighted by Gasteiger charge is 2.02. The maximum atomic E-state index is 10.9. The van der Waals surface area contributed by atoms with E-state index in [4.69, 9.17) is 0 Å². The van der Waals surface area contributed by atoms with Gasteiger partial charge in [0.25, 0.3) is 0 Å². The van der Waals surface area contributed by atoms with E-state index in [2.05, 4.69) is 15.0 Å². The number of pyridine rings is 1. The number of carbonyl (C=O) groups excluding carboxylic acids is 1. The van der Waals surface area contributed by atoms with Gasteiger partial charge in [-0.05, 0) is 12.1 Å². The van der Waals surface area contributed by atoms with Crippen molar-refractivity contribution in [2.24, 2.45) is 0 Å². The summed E-state index contributed by atoms with van der Waals surface area (Å²) in [5.41, 5.74) is 0. The number of carbonyl (C=O) groups is 1. The molecule has 0 spiro atoms. The van der Waals surface area contributed by atoms with Crippen molar-refractivity contribution >= 4 is 23.5 Å². The monoisotopic (exact) mass is 212 g/mol. The average molecular weight is 212 g/mol. The second-order valence-corrected chi connectivity index (χ2v) is 3.47. The topological polar surface area (TPSA) is 51.2 Å². The smallest absolute Gasteiger partial charge is 0.316 e. The molecule has 0 unspecified atom stereocenters. The van der Waals surface area contributed by atoms with Crippen LogP contribution in [0.2, 0.25) is 0 Å². The van der Waals surface area contributed by atoms with Gasteiger partial charge >= 0.3 is 5.97 Å². The van der Waals surface area contributed by atoms with Crippen LogP contribution >= 0.6 is 11.8 Å². The van der Waals surface area contributed by atoms with Crippen molar-refractivity contribution in [1.82, 2.24) is 4.98 Å². The maximum Gasteiger partial charge on any atom is 0.316 e. The summed E-state index contributed by atoms with van der Waals surface area (Å²) in [7, 11) is 3.18. The van der Waals surface area contributed by atoms with Crippen LogP contribution in [0.15, 0.2) is 23.2 Å². The number of hydrogen-bond donors (Lipinski definition) is 1. The molecule has 4 nitrogen and oxygen atoms in total. The molecule has 1 aromatic rings. The predicted octanol–water partition coefficient (Wildman–Crippen LogP) is 1.39. The lowest BCUT2D eigenvalue weighted by atomic mass is 10.5. The number of methoxy groups -OCH3 is 1. The zero-order chi connectivity index (χ0) is 10.4. The molecule has 0 radical (unpaired) electrons. The first-order valence-electron chi connectivity index (χ1n) is 4.10. The van der Waals surface area contributed by atoms with E-state index < -0.39 is 0 Å². The molecule has 0 fully saturated rings. The van der Waals surface area contributed by atoms with Crippen molar-refractivity contribution in [2.75, 3.05) is 25.2 Å². The van der Waals surface area contributed by atoms with Crippen LogP contribution in [0, 0.1) is 0 Å². The Bertz CT molecular complexity index is 317. The molecular weight excluding hydrogens is 200 g/mol. The summed E-state index contributed by atoms with van der Waals surface area (Å²) in [6.07, 6.45) is 0. The second kappa shape index (κ2) is 5.49. The third-order valence-electron chi connectivity index (χ3n) is 1.55. The van der Waals surface area contributed by atoms with Crippen molar-refractivity contribution in [2.45, 2.75) is 5.03 Å². The Balaban J connectivity index is 2.54. The number of aromatic nitrogens is 1. The minimum Gasteiger partial charge on any atom is -0.468 e. The predicted molar refractivity (Wildman–Crippen MR) is 56.5 cm³/mol.